The first-order valence-corrected chi connectivity index (χ1v) is 7.79. The van der Waals surface area contributed by atoms with E-state index in [1.807, 2.05) is 18.2 Å². The molecule has 0 saturated carbocycles. The number of para-hydroxylation sites is 1. The summed E-state index contributed by atoms with van der Waals surface area (Å²) in [5, 5.41) is 5.22. The molecule has 0 radical (unpaired) electrons. The van der Waals surface area contributed by atoms with Crippen LogP contribution in [0.25, 0.3) is 0 Å². The fourth-order valence-corrected chi connectivity index (χ4v) is 2.20. The summed E-state index contributed by atoms with van der Waals surface area (Å²) in [6.45, 7) is 0.489. The van der Waals surface area contributed by atoms with E-state index in [-0.39, 0.29) is 23.2 Å². The molecule has 0 heterocycles. The third kappa shape index (κ3) is 6.19. The van der Waals surface area contributed by atoms with Crippen molar-refractivity contribution in [3.05, 3.63) is 59.1 Å². The van der Waals surface area contributed by atoms with Crippen LogP contribution >= 0.6 is 11.6 Å². The molecule has 2 aromatic carbocycles. The lowest BCUT2D eigenvalue weighted by Gasteiger charge is -2.12. The van der Waals surface area contributed by atoms with Gasteiger partial charge in [-0.1, -0.05) is 29.8 Å². The predicted octanol–water partition coefficient (Wildman–Crippen LogP) is 3.97. The SMILES string of the molecule is O=C(CNc1ccc(C(F)(F)F)cc1Cl)NCCOc1ccccc1. The van der Waals surface area contributed by atoms with Gasteiger partial charge in [0.05, 0.1) is 29.4 Å². The number of nitrogens with one attached hydrogen (secondary N) is 2. The van der Waals surface area contributed by atoms with Crippen LogP contribution in [0.5, 0.6) is 5.75 Å². The Hall–Kier alpha value is -2.41. The van der Waals surface area contributed by atoms with Crippen LogP contribution in [-0.2, 0) is 11.0 Å². The Morgan fingerprint density at radius 2 is 1.84 bits per heavy atom. The van der Waals surface area contributed by atoms with Crippen molar-refractivity contribution in [2.24, 2.45) is 0 Å². The highest BCUT2D eigenvalue weighted by Gasteiger charge is 2.30. The third-order valence-electron chi connectivity index (χ3n) is 3.17. The molecule has 0 saturated heterocycles. The quantitative estimate of drug-likeness (QED) is 0.723. The van der Waals surface area contributed by atoms with Gasteiger partial charge in [0, 0.05) is 0 Å². The molecule has 134 valence electrons. The lowest BCUT2D eigenvalue weighted by molar-refractivity contribution is -0.137. The van der Waals surface area contributed by atoms with E-state index in [4.69, 9.17) is 16.3 Å². The van der Waals surface area contributed by atoms with Crippen LogP contribution in [0.1, 0.15) is 5.56 Å². The molecule has 0 aliphatic rings. The Kier molecular flexibility index (Phi) is 6.52. The first-order valence-electron chi connectivity index (χ1n) is 7.41. The fourth-order valence-electron chi connectivity index (χ4n) is 1.95. The molecule has 0 unspecified atom stereocenters. The number of hydrogen-bond acceptors (Lipinski definition) is 3. The predicted molar refractivity (Wildman–Crippen MR) is 89.9 cm³/mol. The zero-order valence-electron chi connectivity index (χ0n) is 13.1. The lowest BCUT2D eigenvalue weighted by atomic mass is 10.2. The minimum atomic E-state index is -4.46. The van der Waals surface area contributed by atoms with Crippen molar-refractivity contribution >= 4 is 23.2 Å². The van der Waals surface area contributed by atoms with Gasteiger partial charge in [0.15, 0.2) is 0 Å². The van der Waals surface area contributed by atoms with Crippen molar-refractivity contribution in [2.45, 2.75) is 6.18 Å². The molecule has 2 aromatic rings. The highest BCUT2D eigenvalue weighted by molar-refractivity contribution is 6.33. The van der Waals surface area contributed by atoms with Gasteiger partial charge in [-0.05, 0) is 30.3 Å². The molecular weight excluding hydrogens is 357 g/mol. The van der Waals surface area contributed by atoms with Crippen LogP contribution in [0.2, 0.25) is 5.02 Å². The highest BCUT2D eigenvalue weighted by atomic mass is 35.5. The van der Waals surface area contributed by atoms with Crippen LogP contribution in [0.15, 0.2) is 48.5 Å². The van der Waals surface area contributed by atoms with Gasteiger partial charge in [0.25, 0.3) is 0 Å². The van der Waals surface area contributed by atoms with E-state index < -0.39 is 11.7 Å². The monoisotopic (exact) mass is 372 g/mol. The summed E-state index contributed by atoms with van der Waals surface area (Å²) >= 11 is 5.80. The van der Waals surface area contributed by atoms with Gasteiger partial charge < -0.3 is 15.4 Å². The van der Waals surface area contributed by atoms with Crippen LogP contribution in [0, 0.1) is 0 Å². The molecule has 0 aromatic heterocycles. The zero-order chi connectivity index (χ0) is 18.3. The number of halogens is 4. The number of rotatable bonds is 7. The highest BCUT2D eigenvalue weighted by Crippen LogP contribution is 2.33. The summed E-state index contributed by atoms with van der Waals surface area (Å²) < 4.78 is 43.1. The Morgan fingerprint density at radius 3 is 2.48 bits per heavy atom. The normalized spacial score (nSPS) is 11.0. The van der Waals surface area contributed by atoms with Crippen LogP contribution in [0.4, 0.5) is 18.9 Å². The minimum absolute atomic E-state index is 0.102. The van der Waals surface area contributed by atoms with Crippen molar-refractivity contribution in [1.29, 1.82) is 0 Å². The average Bonchev–Trinajstić information content (AvgIpc) is 2.57. The number of amides is 1. The van der Waals surface area contributed by atoms with Gasteiger partial charge in [0.2, 0.25) is 5.91 Å². The summed E-state index contributed by atoms with van der Waals surface area (Å²) in [7, 11) is 0. The largest absolute Gasteiger partial charge is 0.492 e. The maximum atomic E-state index is 12.6. The van der Waals surface area contributed by atoms with Gasteiger partial charge in [-0.25, -0.2) is 0 Å². The van der Waals surface area contributed by atoms with Crippen molar-refractivity contribution in [2.75, 3.05) is 25.0 Å². The molecule has 0 bridgehead atoms. The molecule has 1 amide bonds. The number of ether oxygens (including phenoxy) is 1. The van der Waals surface area contributed by atoms with E-state index >= 15 is 0 Å². The van der Waals surface area contributed by atoms with Crippen molar-refractivity contribution in [3.8, 4) is 5.75 Å². The Morgan fingerprint density at radius 1 is 1.12 bits per heavy atom. The van der Waals surface area contributed by atoms with Gasteiger partial charge >= 0.3 is 6.18 Å². The van der Waals surface area contributed by atoms with Gasteiger partial charge in [-0.2, -0.15) is 13.2 Å². The number of carbonyl (C=O) groups excluding carboxylic acids is 1. The summed E-state index contributed by atoms with van der Waals surface area (Å²) in [4.78, 5) is 11.7. The number of benzene rings is 2. The molecule has 0 aliphatic heterocycles. The van der Waals surface area contributed by atoms with Crippen molar-refractivity contribution in [3.63, 3.8) is 0 Å². The topological polar surface area (TPSA) is 50.4 Å². The summed E-state index contributed by atoms with van der Waals surface area (Å²) in [6, 6.07) is 12.1. The van der Waals surface area contributed by atoms with Crippen LogP contribution in [0.3, 0.4) is 0 Å². The molecule has 0 atom stereocenters. The van der Waals surface area contributed by atoms with Gasteiger partial charge in [-0.15, -0.1) is 0 Å². The standard InChI is InChI=1S/C17H16ClF3N2O2/c18-14-10-12(17(19,20)21)6-7-15(14)23-11-16(24)22-8-9-25-13-4-2-1-3-5-13/h1-7,10,23H,8-9,11H2,(H,22,24). The Labute approximate surface area is 147 Å². The first-order chi connectivity index (χ1) is 11.9. The number of anilines is 1. The molecule has 8 heteroatoms. The molecule has 4 nitrogen and oxygen atoms in total. The second kappa shape index (κ2) is 8.62. The molecular formula is C17H16ClF3N2O2. The molecule has 0 spiro atoms. The van der Waals surface area contributed by atoms with E-state index in [9.17, 15) is 18.0 Å². The number of alkyl halides is 3. The molecule has 0 aliphatic carbocycles. The number of hydrogen-bond donors (Lipinski definition) is 2. The summed E-state index contributed by atoms with van der Waals surface area (Å²) in [5.41, 5.74) is -0.587. The van der Waals surface area contributed by atoms with Crippen molar-refractivity contribution in [1.82, 2.24) is 5.32 Å². The van der Waals surface area contributed by atoms with E-state index in [0.29, 0.717) is 18.9 Å². The van der Waals surface area contributed by atoms with E-state index in [0.717, 1.165) is 12.1 Å². The van der Waals surface area contributed by atoms with Gasteiger partial charge in [0.1, 0.15) is 12.4 Å². The van der Waals surface area contributed by atoms with E-state index in [1.165, 1.54) is 6.07 Å². The lowest BCUT2D eigenvalue weighted by Crippen LogP contribution is -2.33. The van der Waals surface area contributed by atoms with E-state index in [1.54, 1.807) is 12.1 Å². The third-order valence-corrected chi connectivity index (χ3v) is 3.48. The first kappa shape index (κ1) is 18.9. The fraction of sp³-hybridized carbons (Fsp3) is 0.235. The number of carbonyl (C=O) groups is 1. The second-order valence-corrected chi connectivity index (χ2v) is 5.46. The zero-order valence-corrected chi connectivity index (χ0v) is 13.8. The molecule has 2 N–H and O–H groups in total. The Balaban J connectivity index is 1.73. The van der Waals surface area contributed by atoms with Crippen LogP contribution < -0.4 is 15.4 Å². The smallest absolute Gasteiger partial charge is 0.416 e. The van der Waals surface area contributed by atoms with Crippen LogP contribution in [-0.4, -0.2) is 25.6 Å². The molecule has 0 fully saturated rings. The second-order valence-electron chi connectivity index (χ2n) is 5.06. The summed E-state index contributed by atoms with van der Waals surface area (Å²) in [5.74, 6) is 0.374. The van der Waals surface area contributed by atoms with Crippen molar-refractivity contribution < 1.29 is 22.7 Å². The molecule has 25 heavy (non-hydrogen) atoms. The summed E-state index contributed by atoms with van der Waals surface area (Å²) in [6.07, 6.45) is -4.46. The minimum Gasteiger partial charge on any atom is -0.492 e. The maximum Gasteiger partial charge on any atom is 0.416 e. The van der Waals surface area contributed by atoms with E-state index in [2.05, 4.69) is 10.6 Å². The maximum absolute atomic E-state index is 12.6. The van der Waals surface area contributed by atoms with Gasteiger partial charge in [-0.3, -0.25) is 4.79 Å². The average molecular weight is 373 g/mol. The Bertz CT molecular complexity index is 709. The molecule has 2 rings (SSSR count).